The lowest BCUT2D eigenvalue weighted by Gasteiger charge is -2.41. The van der Waals surface area contributed by atoms with Gasteiger partial charge in [-0.15, -0.1) is 0 Å². The molecule has 0 spiro atoms. The molecule has 4 rings (SSSR count). The van der Waals surface area contributed by atoms with E-state index in [4.69, 9.17) is 0 Å². The molecule has 1 fully saturated rings. The first-order valence-corrected chi connectivity index (χ1v) is 9.33. The maximum Gasteiger partial charge on any atom is 0.0171 e. The third-order valence-electron chi connectivity index (χ3n) is 5.58. The van der Waals surface area contributed by atoms with Gasteiger partial charge in [-0.05, 0) is 90.6 Å². The Hall–Kier alpha value is -0.870. The van der Waals surface area contributed by atoms with Crippen LogP contribution in [0.1, 0.15) is 35.1 Å². The molecule has 2 aromatic carbocycles. The molecule has 2 aliphatic rings. The Labute approximate surface area is 146 Å². The first kappa shape index (κ1) is 14.7. The SMILES string of the molecule is Cc1ccc(CC23CCNC2CCc2cc(I)ccc23)cc1. The predicted molar refractivity (Wildman–Crippen MR) is 100 cm³/mol. The van der Waals surface area contributed by atoms with E-state index in [1.807, 2.05) is 0 Å². The van der Waals surface area contributed by atoms with Gasteiger partial charge in [-0.25, -0.2) is 0 Å². The Morgan fingerprint density at radius 1 is 1.18 bits per heavy atom. The number of nitrogens with one attached hydrogen (secondary N) is 1. The molecular formula is C20H22IN. The highest BCUT2D eigenvalue weighted by atomic mass is 127. The quantitative estimate of drug-likeness (QED) is 0.734. The molecule has 1 saturated heterocycles. The highest BCUT2D eigenvalue weighted by Gasteiger charge is 2.47. The summed E-state index contributed by atoms with van der Waals surface area (Å²) in [6.07, 6.45) is 4.93. The second-order valence-electron chi connectivity index (χ2n) is 6.92. The van der Waals surface area contributed by atoms with Crippen LogP contribution in [-0.2, 0) is 18.3 Å². The van der Waals surface area contributed by atoms with Gasteiger partial charge in [0.1, 0.15) is 0 Å². The van der Waals surface area contributed by atoms with Crippen molar-refractivity contribution in [3.63, 3.8) is 0 Å². The van der Waals surface area contributed by atoms with Gasteiger partial charge in [0.05, 0.1) is 0 Å². The first-order valence-electron chi connectivity index (χ1n) is 8.25. The van der Waals surface area contributed by atoms with Crippen LogP contribution >= 0.6 is 22.6 Å². The van der Waals surface area contributed by atoms with Gasteiger partial charge < -0.3 is 5.32 Å². The van der Waals surface area contributed by atoms with E-state index in [1.165, 1.54) is 40.4 Å². The van der Waals surface area contributed by atoms with Crippen LogP contribution in [0.4, 0.5) is 0 Å². The molecule has 2 unspecified atom stereocenters. The van der Waals surface area contributed by atoms with Crippen LogP contribution in [0.15, 0.2) is 42.5 Å². The number of hydrogen-bond acceptors (Lipinski definition) is 1. The molecule has 2 atom stereocenters. The molecule has 1 N–H and O–H groups in total. The van der Waals surface area contributed by atoms with E-state index in [0.29, 0.717) is 11.5 Å². The average Bonchev–Trinajstić information content (AvgIpc) is 2.93. The Balaban J connectivity index is 1.78. The zero-order valence-corrected chi connectivity index (χ0v) is 15.2. The minimum Gasteiger partial charge on any atom is -0.313 e. The standard InChI is InChI=1S/C20H22IN/c1-14-2-4-15(5-3-14)13-20-10-11-22-19(20)9-6-16-12-17(21)7-8-18(16)20/h2-5,7-8,12,19,22H,6,9-11,13H2,1H3. The Morgan fingerprint density at radius 3 is 2.82 bits per heavy atom. The molecule has 22 heavy (non-hydrogen) atoms. The van der Waals surface area contributed by atoms with Crippen molar-refractivity contribution < 1.29 is 0 Å². The summed E-state index contributed by atoms with van der Waals surface area (Å²) >= 11 is 2.44. The van der Waals surface area contributed by atoms with Crippen LogP contribution in [0.2, 0.25) is 0 Å². The van der Waals surface area contributed by atoms with Gasteiger partial charge in [-0.3, -0.25) is 0 Å². The maximum absolute atomic E-state index is 3.78. The lowest BCUT2D eigenvalue weighted by Crippen LogP contribution is -2.45. The first-order chi connectivity index (χ1) is 10.7. The summed E-state index contributed by atoms with van der Waals surface area (Å²) in [6.45, 7) is 3.32. The molecule has 0 saturated carbocycles. The summed E-state index contributed by atoms with van der Waals surface area (Å²) < 4.78 is 1.37. The monoisotopic (exact) mass is 403 g/mol. The van der Waals surface area contributed by atoms with E-state index in [1.54, 1.807) is 11.1 Å². The van der Waals surface area contributed by atoms with Gasteiger partial charge in [0.15, 0.2) is 0 Å². The molecule has 0 radical (unpaired) electrons. The molecule has 0 aromatic heterocycles. The van der Waals surface area contributed by atoms with E-state index in [-0.39, 0.29) is 0 Å². The summed E-state index contributed by atoms with van der Waals surface area (Å²) in [4.78, 5) is 0. The number of benzene rings is 2. The van der Waals surface area contributed by atoms with Crippen LogP contribution in [0.5, 0.6) is 0 Å². The fourth-order valence-electron chi connectivity index (χ4n) is 4.47. The van der Waals surface area contributed by atoms with Crippen LogP contribution in [0.25, 0.3) is 0 Å². The minimum absolute atomic E-state index is 0.299. The fraction of sp³-hybridized carbons (Fsp3) is 0.400. The van der Waals surface area contributed by atoms with Crippen molar-refractivity contribution in [2.24, 2.45) is 0 Å². The third-order valence-corrected chi connectivity index (χ3v) is 6.25. The highest BCUT2D eigenvalue weighted by Crippen LogP contribution is 2.45. The number of rotatable bonds is 2. The number of aryl methyl sites for hydroxylation is 2. The summed E-state index contributed by atoms with van der Waals surface area (Å²) in [6, 6.07) is 16.9. The van der Waals surface area contributed by atoms with Gasteiger partial charge in [-0.2, -0.15) is 0 Å². The Morgan fingerprint density at radius 2 is 2.00 bits per heavy atom. The molecule has 2 heteroatoms. The number of hydrogen-bond donors (Lipinski definition) is 1. The zero-order valence-electron chi connectivity index (χ0n) is 13.0. The van der Waals surface area contributed by atoms with Crippen molar-refractivity contribution in [1.29, 1.82) is 0 Å². The Bertz CT molecular complexity index is 691. The van der Waals surface area contributed by atoms with Crippen molar-refractivity contribution in [1.82, 2.24) is 5.32 Å². The summed E-state index contributed by atoms with van der Waals surface area (Å²) in [7, 11) is 0. The fourth-order valence-corrected chi connectivity index (χ4v) is 5.03. The smallest absolute Gasteiger partial charge is 0.0171 e. The van der Waals surface area contributed by atoms with Gasteiger partial charge in [-0.1, -0.05) is 35.9 Å². The summed E-state index contributed by atoms with van der Waals surface area (Å²) in [5.41, 5.74) is 6.31. The van der Waals surface area contributed by atoms with Crippen LogP contribution in [0, 0.1) is 10.5 Å². The lowest BCUT2D eigenvalue weighted by molar-refractivity contribution is 0.326. The average molecular weight is 403 g/mol. The number of halogens is 1. The molecule has 0 bridgehead atoms. The van der Waals surface area contributed by atoms with Gasteiger partial charge in [0.2, 0.25) is 0 Å². The molecule has 1 nitrogen and oxygen atoms in total. The van der Waals surface area contributed by atoms with Crippen LogP contribution in [-0.4, -0.2) is 12.6 Å². The normalized spacial score (nSPS) is 26.5. The van der Waals surface area contributed by atoms with Crippen molar-refractivity contribution in [2.45, 2.75) is 44.1 Å². The second-order valence-corrected chi connectivity index (χ2v) is 8.16. The van der Waals surface area contributed by atoms with Crippen molar-refractivity contribution in [3.05, 3.63) is 68.3 Å². The Kier molecular flexibility index (Phi) is 3.77. The number of fused-ring (bicyclic) bond motifs is 3. The molecule has 0 amide bonds. The van der Waals surface area contributed by atoms with Gasteiger partial charge >= 0.3 is 0 Å². The lowest BCUT2D eigenvalue weighted by atomic mass is 9.64. The van der Waals surface area contributed by atoms with Crippen LogP contribution < -0.4 is 5.32 Å². The molecule has 1 aliphatic heterocycles. The van der Waals surface area contributed by atoms with Crippen molar-refractivity contribution in [3.8, 4) is 0 Å². The molecule has 1 aliphatic carbocycles. The highest BCUT2D eigenvalue weighted by molar-refractivity contribution is 14.1. The summed E-state index contributed by atoms with van der Waals surface area (Å²) in [5.74, 6) is 0. The van der Waals surface area contributed by atoms with E-state index in [9.17, 15) is 0 Å². The maximum atomic E-state index is 3.78. The molecule has 2 aromatic rings. The second kappa shape index (κ2) is 5.64. The minimum atomic E-state index is 0.299. The van der Waals surface area contributed by atoms with Crippen molar-refractivity contribution >= 4 is 22.6 Å². The third kappa shape index (κ3) is 2.41. The van der Waals surface area contributed by atoms with Gasteiger partial charge in [0, 0.05) is 15.0 Å². The van der Waals surface area contributed by atoms with E-state index in [0.717, 1.165) is 6.54 Å². The summed E-state index contributed by atoms with van der Waals surface area (Å²) in [5, 5.41) is 3.78. The zero-order chi connectivity index (χ0) is 15.2. The van der Waals surface area contributed by atoms with E-state index in [2.05, 4.69) is 77.3 Å². The van der Waals surface area contributed by atoms with Crippen LogP contribution in [0.3, 0.4) is 0 Å². The molecule has 114 valence electrons. The van der Waals surface area contributed by atoms with Gasteiger partial charge in [0.25, 0.3) is 0 Å². The molecule has 1 heterocycles. The largest absolute Gasteiger partial charge is 0.313 e. The topological polar surface area (TPSA) is 12.0 Å². The predicted octanol–water partition coefficient (Wildman–Crippen LogP) is 4.39. The van der Waals surface area contributed by atoms with E-state index >= 15 is 0 Å². The van der Waals surface area contributed by atoms with Crippen molar-refractivity contribution in [2.75, 3.05) is 6.54 Å². The molecular weight excluding hydrogens is 381 g/mol. The van der Waals surface area contributed by atoms with E-state index < -0.39 is 0 Å².